The van der Waals surface area contributed by atoms with Gasteiger partial charge in [0.05, 0.1) is 6.61 Å². The molecule has 2 aromatic rings. The van der Waals surface area contributed by atoms with Gasteiger partial charge in [-0.05, 0) is 32.0 Å². The molecule has 0 aliphatic rings. The van der Waals surface area contributed by atoms with Crippen LogP contribution in [0.1, 0.15) is 24.2 Å². The smallest absolute Gasteiger partial charge is 0.351 e. The first kappa shape index (κ1) is 18.3. The van der Waals surface area contributed by atoms with Crippen molar-refractivity contribution in [1.29, 1.82) is 0 Å². The molecular weight excluding hydrogens is 328 g/mol. The molecule has 1 heterocycles. The molecule has 0 N–H and O–H groups in total. The quantitative estimate of drug-likeness (QED) is 0.329. The van der Waals surface area contributed by atoms with E-state index in [1.807, 2.05) is 0 Å². The topological polar surface area (TPSA) is 92.0 Å². The number of rotatable bonds is 7. The predicted molar refractivity (Wildman–Crippen MR) is 89.7 cm³/mol. The number of ether oxygens (including phenoxy) is 3. The van der Waals surface area contributed by atoms with Gasteiger partial charge in [-0.3, -0.25) is 0 Å². The Labute approximate surface area is 143 Å². The maximum Gasteiger partial charge on any atom is 0.351 e. The molecule has 0 bridgehead atoms. The summed E-state index contributed by atoms with van der Waals surface area (Å²) < 4.78 is 20.3. The second kappa shape index (κ2) is 8.14. The van der Waals surface area contributed by atoms with Crippen molar-refractivity contribution >= 4 is 22.9 Å². The number of carbonyl (C=O) groups excluding carboxylic acids is 2. The van der Waals surface area contributed by atoms with Crippen LogP contribution in [-0.2, 0) is 14.3 Å². The molecule has 0 fully saturated rings. The normalized spacial score (nSPS) is 10.3. The third kappa shape index (κ3) is 4.69. The number of esters is 2. The molecule has 0 unspecified atom stereocenters. The van der Waals surface area contributed by atoms with Gasteiger partial charge >= 0.3 is 17.6 Å². The minimum absolute atomic E-state index is 0.0650. The van der Waals surface area contributed by atoms with Crippen LogP contribution in [0, 0.1) is 0 Å². The van der Waals surface area contributed by atoms with Gasteiger partial charge in [0.15, 0.2) is 0 Å². The van der Waals surface area contributed by atoms with Crippen LogP contribution in [0.25, 0.3) is 11.0 Å². The number of fused-ring (bicyclic) bond motifs is 1. The van der Waals surface area contributed by atoms with E-state index >= 15 is 0 Å². The lowest BCUT2D eigenvalue weighted by Gasteiger charge is -2.08. The van der Waals surface area contributed by atoms with Gasteiger partial charge in [0.25, 0.3) is 0 Å². The van der Waals surface area contributed by atoms with E-state index in [1.165, 1.54) is 12.1 Å². The van der Waals surface area contributed by atoms with Crippen molar-refractivity contribution < 1.29 is 28.2 Å². The van der Waals surface area contributed by atoms with E-state index in [1.54, 1.807) is 26.0 Å². The summed E-state index contributed by atoms with van der Waals surface area (Å²) in [6.07, 6.45) is 0. The molecule has 1 aromatic heterocycles. The van der Waals surface area contributed by atoms with Crippen molar-refractivity contribution in [2.45, 2.75) is 13.8 Å². The van der Waals surface area contributed by atoms with Gasteiger partial charge in [-0.1, -0.05) is 6.58 Å². The molecule has 0 saturated carbocycles. The van der Waals surface area contributed by atoms with Crippen molar-refractivity contribution in [3.8, 4) is 5.75 Å². The molecule has 0 atom stereocenters. The summed E-state index contributed by atoms with van der Waals surface area (Å²) in [6.45, 7) is 7.05. The third-order valence-electron chi connectivity index (χ3n) is 3.14. The van der Waals surface area contributed by atoms with E-state index in [0.717, 1.165) is 0 Å². The minimum Gasteiger partial charge on any atom is -0.490 e. The Morgan fingerprint density at radius 2 is 1.92 bits per heavy atom. The molecule has 1 aromatic carbocycles. The number of hydrogen-bond donors (Lipinski definition) is 0. The van der Waals surface area contributed by atoms with Gasteiger partial charge in [-0.15, -0.1) is 0 Å². The highest BCUT2D eigenvalue weighted by Crippen LogP contribution is 2.20. The van der Waals surface area contributed by atoms with E-state index in [-0.39, 0.29) is 31.0 Å². The average Bonchev–Trinajstić information content (AvgIpc) is 2.57. The summed E-state index contributed by atoms with van der Waals surface area (Å²) in [7, 11) is 0. The summed E-state index contributed by atoms with van der Waals surface area (Å²) in [5.41, 5.74) is -0.354. The number of hydrogen-bond acceptors (Lipinski definition) is 7. The van der Waals surface area contributed by atoms with E-state index in [9.17, 15) is 14.4 Å². The molecule has 25 heavy (non-hydrogen) atoms. The third-order valence-corrected chi connectivity index (χ3v) is 3.14. The Balaban J connectivity index is 2.08. The zero-order valence-electron chi connectivity index (χ0n) is 14.0. The van der Waals surface area contributed by atoms with Crippen molar-refractivity contribution in [3.63, 3.8) is 0 Å². The molecule has 0 amide bonds. The molecule has 0 aliphatic carbocycles. The maximum absolute atomic E-state index is 11.9. The first-order chi connectivity index (χ1) is 11.9. The van der Waals surface area contributed by atoms with Gasteiger partial charge in [0, 0.05) is 17.0 Å². The Morgan fingerprint density at radius 3 is 2.60 bits per heavy atom. The molecule has 7 nitrogen and oxygen atoms in total. The molecule has 7 heteroatoms. The first-order valence-electron chi connectivity index (χ1n) is 7.63. The minimum atomic E-state index is -0.779. The van der Waals surface area contributed by atoms with Crippen LogP contribution in [-0.4, -0.2) is 31.8 Å². The predicted octanol–water partition coefficient (Wildman–Crippen LogP) is 2.47. The van der Waals surface area contributed by atoms with E-state index in [2.05, 4.69) is 6.58 Å². The second-order valence-corrected chi connectivity index (χ2v) is 5.13. The molecule has 2 rings (SSSR count). The molecule has 0 aliphatic heterocycles. The number of carbonyl (C=O) groups is 2. The maximum atomic E-state index is 11.9. The van der Waals surface area contributed by atoms with E-state index in [4.69, 9.17) is 18.6 Å². The zero-order valence-corrected chi connectivity index (χ0v) is 14.0. The highest BCUT2D eigenvalue weighted by Gasteiger charge is 2.15. The van der Waals surface area contributed by atoms with Crippen LogP contribution in [0.4, 0.5) is 0 Å². The summed E-state index contributed by atoms with van der Waals surface area (Å²) in [4.78, 5) is 34.8. The van der Waals surface area contributed by atoms with Crippen LogP contribution >= 0.6 is 0 Å². The zero-order chi connectivity index (χ0) is 18.4. The van der Waals surface area contributed by atoms with E-state index < -0.39 is 17.6 Å². The van der Waals surface area contributed by atoms with Crippen LogP contribution in [0.15, 0.2) is 45.6 Å². The lowest BCUT2D eigenvalue weighted by molar-refractivity contribution is -0.139. The Kier molecular flexibility index (Phi) is 5.94. The highest BCUT2D eigenvalue weighted by atomic mass is 16.6. The van der Waals surface area contributed by atoms with Crippen LogP contribution in [0.2, 0.25) is 0 Å². The molecular formula is C18H18O7. The second-order valence-electron chi connectivity index (χ2n) is 5.13. The standard InChI is InChI=1S/C18H18O7/c1-4-22-17(20)14-9-12-5-6-13(10-15(12)25-18(14)21)23-7-8-24-16(19)11(2)3/h5-6,9-10H,2,4,7-8H2,1,3H3. The van der Waals surface area contributed by atoms with Crippen molar-refractivity contribution in [1.82, 2.24) is 0 Å². The molecule has 132 valence electrons. The lowest BCUT2D eigenvalue weighted by Crippen LogP contribution is -2.16. The van der Waals surface area contributed by atoms with Crippen LogP contribution in [0.5, 0.6) is 5.75 Å². The summed E-state index contributed by atoms with van der Waals surface area (Å²) in [5.74, 6) is -0.775. The van der Waals surface area contributed by atoms with Crippen molar-refractivity contribution in [2.75, 3.05) is 19.8 Å². The van der Waals surface area contributed by atoms with Gasteiger partial charge in [0.2, 0.25) is 0 Å². The van der Waals surface area contributed by atoms with Gasteiger partial charge < -0.3 is 18.6 Å². The molecule has 0 saturated heterocycles. The Bertz CT molecular complexity index is 863. The van der Waals surface area contributed by atoms with Gasteiger partial charge in [-0.25, -0.2) is 14.4 Å². The SMILES string of the molecule is C=C(C)C(=O)OCCOc1ccc2cc(C(=O)OCC)c(=O)oc2c1. The van der Waals surface area contributed by atoms with Gasteiger partial charge in [-0.2, -0.15) is 0 Å². The Morgan fingerprint density at radius 1 is 1.16 bits per heavy atom. The summed E-state index contributed by atoms with van der Waals surface area (Å²) >= 11 is 0. The highest BCUT2D eigenvalue weighted by molar-refractivity contribution is 5.93. The number of benzene rings is 1. The van der Waals surface area contributed by atoms with E-state index in [0.29, 0.717) is 16.7 Å². The molecule has 0 radical (unpaired) electrons. The monoisotopic (exact) mass is 346 g/mol. The summed E-state index contributed by atoms with van der Waals surface area (Å²) in [5, 5.41) is 0.559. The largest absolute Gasteiger partial charge is 0.490 e. The van der Waals surface area contributed by atoms with Crippen LogP contribution in [0.3, 0.4) is 0 Å². The van der Waals surface area contributed by atoms with Crippen LogP contribution < -0.4 is 10.4 Å². The summed E-state index contributed by atoms with van der Waals surface area (Å²) in [6, 6.07) is 6.23. The fourth-order valence-corrected chi connectivity index (χ4v) is 1.95. The molecule has 0 spiro atoms. The fraction of sp³-hybridized carbons (Fsp3) is 0.278. The lowest BCUT2D eigenvalue weighted by atomic mass is 10.2. The van der Waals surface area contributed by atoms with Gasteiger partial charge in [0.1, 0.15) is 30.1 Å². The van der Waals surface area contributed by atoms with Crippen molar-refractivity contribution in [2.24, 2.45) is 0 Å². The fourth-order valence-electron chi connectivity index (χ4n) is 1.95. The van der Waals surface area contributed by atoms with Crippen molar-refractivity contribution in [3.05, 3.63) is 52.4 Å². The Hall–Kier alpha value is -3.09. The average molecular weight is 346 g/mol. The first-order valence-corrected chi connectivity index (χ1v) is 7.63.